The van der Waals surface area contributed by atoms with Crippen molar-refractivity contribution in [3.8, 4) is 0 Å². The molecule has 0 saturated carbocycles. The van der Waals surface area contributed by atoms with Gasteiger partial charge in [0.25, 0.3) is 0 Å². The van der Waals surface area contributed by atoms with Crippen molar-refractivity contribution in [1.82, 2.24) is 5.32 Å². The monoisotopic (exact) mass is 253 g/mol. The summed E-state index contributed by atoms with van der Waals surface area (Å²) in [5, 5.41) is 32.4. The first-order chi connectivity index (χ1) is 8.58. The average molecular weight is 253 g/mol. The summed E-state index contributed by atoms with van der Waals surface area (Å²) in [5.74, 6) is 0.0771. The highest BCUT2D eigenvalue weighted by molar-refractivity contribution is 5.97. The lowest BCUT2D eigenvalue weighted by Crippen LogP contribution is -2.29. The van der Waals surface area contributed by atoms with Crippen molar-refractivity contribution in [2.24, 2.45) is 10.9 Å². The summed E-state index contributed by atoms with van der Waals surface area (Å²) in [4.78, 5) is 0. The molecule has 0 aliphatic carbocycles. The molecular formula is C12H19N3O3. The van der Waals surface area contributed by atoms with E-state index in [1.165, 1.54) is 0 Å². The Kier molecular flexibility index (Phi) is 5.57. The normalized spacial score (nSPS) is 13.6. The van der Waals surface area contributed by atoms with Gasteiger partial charge in [-0.15, -0.1) is 0 Å². The summed E-state index contributed by atoms with van der Waals surface area (Å²) in [6, 6.07) is 5.47. The predicted molar refractivity (Wildman–Crippen MR) is 68.5 cm³/mol. The number of amidine groups is 1. The number of aryl methyl sites for hydroxylation is 1. The quantitative estimate of drug-likeness (QED) is 0.204. The van der Waals surface area contributed by atoms with Crippen molar-refractivity contribution in [3.05, 3.63) is 34.9 Å². The minimum absolute atomic E-state index is 0.0771. The molecule has 100 valence electrons. The Morgan fingerprint density at radius 1 is 1.50 bits per heavy atom. The molecule has 0 fully saturated rings. The van der Waals surface area contributed by atoms with Gasteiger partial charge in [-0.25, -0.2) is 0 Å². The largest absolute Gasteiger partial charge is 0.409 e. The fourth-order valence-electron chi connectivity index (χ4n) is 1.55. The van der Waals surface area contributed by atoms with E-state index in [1.54, 1.807) is 6.07 Å². The minimum Gasteiger partial charge on any atom is -0.409 e. The third-order valence-corrected chi connectivity index (χ3v) is 2.65. The fraction of sp³-hybridized carbons (Fsp3) is 0.417. The smallest absolute Gasteiger partial charge is 0.170 e. The van der Waals surface area contributed by atoms with E-state index in [-0.39, 0.29) is 12.4 Å². The van der Waals surface area contributed by atoms with Crippen LogP contribution in [0.15, 0.2) is 23.4 Å². The fourth-order valence-corrected chi connectivity index (χ4v) is 1.55. The number of nitrogens with one attached hydrogen (secondary N) is 1. The van der Waals surface area contributed by atoms with Crippen molar-refractivity contribution >= 4 is 5.84 Å². The van der Waals surface area contributed by atoms with Crippen LogP contribution >= 0.6 is 0 Å². The molecule has 1 atom stereocenters. The molecule has 0 amide bonds. The Morgan fingerprint density at radius 2 is 2.22 bits per heavy atom. The molecule has 0 radical (unpaired) electrons. The highest BCUT2D eigenvalue weighted by Gasteiger charge is 2.05. The molecule has 0 bridgehead atoms. The van der Waals surface area contributed by atoms with Gasteiger partial charge in [0.2, 0.25) is 0 Å². The third kappa shape index (κ3) is 3.99. The summed E-state index contributed by atoms with van der Waals surface area (Å²) >= 11 is 0. The van der Waals surface area contributed by atoms with Gasteiger partial charge in [-0.05, 0) is 24.1 Å². The number of nitrogens with two attached hydrogens (primary N) is 1. The zero-order chi connectivity index (χ0) is 13.5. The van der Waals surface area contributed by atoms with Crippen LogP contribution in [0.25, 0.3) is 0 Å². The maximum atomic E-state index is 9.18. The number of rotatable bonds is 6. The molecule has 0 aliphatic rings. The average Bonchev–Trinajstić information content (AvgIpc) is 2.39. The van der Waals surface area contributed by atoms with Crippen LogP contribution < -0.4 is 11.1 Å². The van der Waals surface area contributed by atoms with Crippen LogP contribution in [0.5, 0.6) is 0 Å². The first-order valence-electron chi connectivity index (χ1n) is 5.65. The van der Waals surface area contributed by atoms with E-state index < -0.39 is 6.10 Å². The predicted octanol–water partition coefficient (Wildman–Crippen LogP) is -0.468. The topological polar surface area (TPSA) is 111 Å². The van der Waals surface area contributed by atoms with E-state index in [4.69, 9.17) is 16.0 Å². The Bertz CT molecular complexity index is 421. The number of aliphatic hydroxyl groups is 2. The molecule has 1 unspecified atom stereocenters. The van der Waals surface area contributed by atoms with Crippen LogP contribution in [0.1, 0.15) is 16.7 Å². The number of hydrogen-bond acceptors (Lipinski definition) is 5. The van der Waals surface area contributed by atoms with E-state index in [2.05, 4.69) is 10.5 Å². The lowest BCUT2D eigenvalue weighted by Gasteiger charge is -2.11. The molecule has 6 heteroatoms. The lowest BCUT2D eigenvalue weighted by molar-refractivity contribution is 0.0942. The van der Waals surface area contributed by atoms with Crippen molar-refractivity contribution in [3.63, 3.8) is 0 Å². The minimum atomic E-state index is -0.748. The number of aliphatic hydroxyl groups excluding tert-OH is 2. The van der Waals surface area contributed by atoms with Gasteiger partial charge in [-0.1, -0.05) is 17.3 Å². The summed E-state index contributed by atoms with van der Waals surface area (Å²) < 4.78 is 0. The molecule has 1 rings (SSSR count). The van der Waals surface area contributed by atoms with Crippen molar-refractivity contribution in [1.29, 1.82) is 0 Å². The molecule has 6 N–H and O–H groups in total. The van der Waals surface area contributed by atoms with Gasteiger partial charge in [-0.3, -0.25) is 0 Å². The highest BCUT2D eigenvalue weighted by atomic mass is 16.4. The van der Waals surface area contributed by atoms with Gasteiger partial charge in [0.05, 0.1) is 12.7 Å². The molecule has 0 saturated heterocycles. The summed E-state index contributed by atoms with van der Waals surface area (Å²) in [5.41, 5.74) is 8.21. The van der Waals surface area contributed by atoms with Gasteiger partial charge >= 0.3 is 0 Å². The number of oxime groups is 1. The van der Waals surface area contributed by atoms with E-state index in [1.807, 2.05) is 19.1 Å². The number of hydrogen-bond donors (Lipinski definition) is 5. The molecule has 1 aromatic carbocycles. The standard InChI is InChI=1S/C12H19N3O3/c1-8-4-9(12(13)15-18)2-3-10(8)5-14-6-11(17)7-16/h2-4,11,14,16-18H,5-7H2,1H3,(H2,13,15). The van der Waals surface area contributed by atoms with Gasteiger partial charge in [0.15, 0.2) is 5.84 Å². The second-order valence-corrected chi connectivity index (χ2v) is 4.09. The zero-order valence-electron chi connectivity index (χ0n) is 10.3. The van der Waals surface area contributed by atoms with Gasteiger partial charge in [0.1, 0.15) is 0 Å². The molecule has 1 aromatic rings. The van der Waals surface area contributed by atoms with Crippen molar-refractivity contribution < 1.29 is 15.4 Å². The maximum Gasteiger partial charge on any atom is 0.170 e. The van der Waals surface area contributed by atoms with Crippen molar-refractivity contribution in [2.75, 3.05) is 13.2 Å². The highest BCUT2D eigenvalue weighted by Crippen LogP contribution is 2.11. The van der Waals surface area contributed by atoms with E-state index >= 15 is 0 Å². The molecule has 6 nitrogen and oxygen atoms in total. The van der Waals surface area contributed by atoms with Crippen LogP contribution in [-0.2, 0) is 6.54 Å². The van der Waals surface area contributed by atoms with E-state index in [0.717, 1.165) is 11.1 Å². The Hall–Kier alpha value is -1.63. The van der Waals surface area contributed by atoms with Crippen molar-refractivity contribution in [2.45, 2.75) is 19.6 Å². The summed E-state index contributed by atoms with van der Waals surface area (Å²) in [7, 11) is 0. The zero-order valence-corrected chi connectivity index (χ0v) is 10.3. The maximum absolute atomic E-state index is 9.18. The second kappa shape index (κ2) is 6.95. The van der Waals surface area contributed by atoms with E-state index in [9.17, 15) is 5.11 Å². The van der Waals surface area contributed by atoms with Gasteiger partial charge in [-0.2, -0.15) is 0 Å². The van der Waals surface area contributed by atoms with E-state index in [0.29, 0.717) is 18.7 Å². The Morgan fingerprint density at radius 3 is 2.78 bits per heavy atom. The van der Waals surface area contributed by atoms with Gasteiger partial charge < -0.3 is 26.5 Å². The molecular weight excluding hydrogens is 234 g/mol. The Labute approximate surface area is 106 Å². The van der Waals surface area contributed by atoms with Crippen LogP contribution in [0.4, 0.5) is 0 Å². The van der Waals surface area contributed by atoms with Gasteiger partial charge in [0, 0.05) is 18.7 Å². The Balaban J connectivity index is 2.63. The first kappa shape index (κ1) is 14.4. The van der Waals surface area contributed by atoms with Crippen LogP contribution in [0.2, 0.25) is 0 Å². The molecule has 0 spiro atoms. The number of nitrogens with zero attached hydrogens (tertiary/aromatic N) is 1. The molecule has 0 heterocycles. The molecule has 0 aliphatic heterocycles. The van der Waals surface area contributed by atoms with Crippen LogP contribution in [0.3, 0.4) is 0 Å². The number of benzene rings is 1. The van der Waals surface area contributed by atoms with Crippen LogP contribution in [0, 0.1) is 6.92 Å². The second-order valence-electron chi connectivity index (χ2n) is 4.09. The third-order valence-electron chi connectivity index (χ3n) is 2.65. The molecule has 18 heavy (non-hydrogen) atoms. The first-order valence-corrected chi connectivity index (χ1v) is 5.65. The summed E-state index contributed by atoms with van der Waals surface area (Å²) in [6.45, 7) is 2.58. The summed E-state index contributed by atoms with van der Waals surface area (Å²) in [6.07, 6.45) is -0.748. The van der Waals surface area contributed by atoms with Crippen LogP contribution in [-0.4, -0.2) is 40.5 Å². The SMILES string of the molecule is Cc1cc(/C(N)=N/O)ccc1CNCC(O)CO. The lowest BCUT2D eigenvalue weighted by atomic mass is 10.0. The molecule has 0 aromatic heterocycles.